The Balaban J connectivity index is 0.000000644. The van der Waals surface area contributed by atoms with Gasteiger partial charge in [0.2, 0.25) is 0 Å². The lowest BCUT2D eigenvalue weighted by atomic mass is 9.90. The number of alkyl halides is 6. The molecule has 4 unspecified atom stereocenters. The number of halogens is 6. The van der Waals surface area contributed by atoms with Crippen LogP contribution in [0.4, 0.5) is 26.3 Å². The van der Waals surface area contributed by atoms with E-state index in [1.807, 2.05) is 37.3 Å². The van der Waals surface area contributed by atoms with Gasteiger partial charge in [-0.3, -0.25) is 14.6 Å². The molecule has 3 fully saturated rings. The number of carbonyl (C=O) groups excluding carboxylic acids is 2. The van der Waals surface area contributed by atoms with E-state index in [-0.39, 0.29) is 37.2 Å². The molecule has 0 aliphatic carbocycles. The van der Waals surface area contributed by atoms with Crippen LogP contribution in [0, 0.1) is 5.92 Å². The van der Waals surface area contributed by atoms with Gasteiger partial charge in [-0.15, -0.1) is 0 Å². The third-order valence-corrected chi connectivity index (χ3v) is 9.47. The highest BCUT2D eigenvalue weighted by Gasteiger charge is 2.40. The summed E-state index contributed by atoms with van der Waals surface area (Å²) in [4.78, 5) is 29.8. The SMILES string of the molecule is CCC(C=O)CO.O=C(c1cc(C(F)(F)F)cc(C(F)(F)F)c1)N1CCC(N2CCN(C3CCNC3)CC2)CC1Cc1ccccc1. The van der Waals surface area contributed by atoms with E-state index in [0.29, 0.717) is 37.4 Å². The highest BCUT2D eigenvalue weighted by Crippen LogP contribution is 2.37. The first kappa shape index (κ1) is 36.8. The number of aliphatic hydroxyl groups is 1. The van der Waals surface area contributed by atoms with Gasteiger partial charge in [0.05, 0.1) is 17.7 Å². The lowest BCUT2D eigenvalue weighted by Crippen LogP contribution is -2.58. The number of hydrogen-bond donors (Lipinski definition) is 2. The topological polar surface area (TPSA) is 76.1 Å². The maximum atomic E-state index is 13.6. The Kier molecular flexibility index (Phi) is 12.9. The molecule has 0 spiro atoms. The molecule has 4 atom stereocenters. The summed E-state index contributed by atoms with van der Waals surface area (Å²) < 4.78 is 80.9. The standard InChI is InChI=1S/C29H34F6N4O.C5H10O2/c30-28(31,32)22-15-21(16-23(17-22)29(33,34)35)27(40)39-9-7-24(18-26(39)14-20-4-2-1-3-5-20)37-10-12-38(13-11-37)25-6-8-36-19-25;1-2-5(3-6)4-7/h1-5,15-17,24-26,36H,6-14,18-19H2;3,5,7H,2,4H2,1H3. The fourth-order valence-electron chi connectivity index (χ4n) is 6.64. The number of nitrogens with one attached hydrogen (secondary N) is 1. The molecule has 0 bridgehead atoms. The lowest BCUT2D eigenvalue weighted by molar-refractivity contribution is -0.143. The Bertz CT molecular complexity index is 1260. The number of piperazine rings is 1. The molecule has 0 radical (unpaired) electrons. The van der Waals surface area contributed by atoms with E-state index in [0.717, 1.165) is 64.0 Å². The molecular weight excluding hydrogens is 626 g/mol. The third-order valence-electron chi connectivity index (χ3n) is 9.47. The molecule has 3 aliphatic rings. The van der Waals surface area contributed by atoms with E-state index in [2.05, 4.69) is 15.1 Å². The van der Waals surface area contributed by atoms with Gasteiger partial charge in [-0.1, -0.05) is 37.3 Å². The average Bonchev–Trinajstić information content (AvgIpc) is 3.61. The van der Waals surface area contributed by atoms with E-state index >= 15 is 0 Å². The summed E-state index contributed by atoms with van der Waals surface area (Å²) in [5.41, 5.74) is -2.58. The molecule has 3 saturated heterocycles. The van der Waals surface area contributed by atoms with Crippen molar-refractivity contribution >= 4 is 12.2 Å². The number of hydrogen-bond acceptors (Lipinski definition) is 6. The minimum Gasteiger partial charge on any atom is -0.396 e. The van der Waals surface area contributed by atoms with Crippen molar-refractivity contribution in [3.63, 3.8) is 0 Å². The van der Waals surface area contributed by atoms with Gasteiger partial charge < -0.3 is 20.1 Å². The zero-order valence-electron chi connectivity index (χ0n) is 26.6. The van der Waals surface area contributed by atoms with Crippen molar-refractivity contribution in [1.29, 1.82) is 0 Å². The number of amides is 1. The van der Waals surface area contributed by atoms with E-state index in [9.17, 15) is 35.9 Å². The van der Waals surface area contributed by atoms with Crippen molar-refractivity contribution in [3.8, 4) is 0 Å². The van der Waals surface area contributed by atoms with Crippen LogP contribution in [-0.4, -0.2) is 103 Å². The third kappa shape index (κ3) is 10.0. The number of carbonyl (C=O) groups is 2. The van der Waals surface area contributed by atoms with Crippen LogP contribution in [0.5, 0.6) is 0 Å². The Labute approximate surface area is 271 Å². The smallest absolute Gasteiger partial charge is 0.396 e. The Hall–Kier alpha value is -3.00. The molecule has 13 heteroatoms. The number of aliphatic hydroxyl groups excluding tert-OH is 1. The second-order valence-corrected chi connectivity index (χ2v) is 12.5. The first-order valence-electron chi connectivity index (χ1n) is 16.2. The predicted molar refractivity (Wildman–Crippen MR) is 166 cm³/mol. The van der Waals surface area contributed by atoms with Crippen molar-refractivity contribution in [1.82, 2.24) is 20.0 Å². The van der Waals surface area contributed by atoms with Gasteiger partial charge in [-0.25, -0.2) is 0 Å². The fraction of sp³-hybridized carbons (Fsp3) is 0.588. The molecule has 47 heavy (non-hydrogen) atoms. The normalized spacial score (nSPS) is 23.6. The molecule has 0 saturated carbocycles. The minimum absolute atomic E-state index is 0.0139. The Morgan fingerprint density at radius 3 is 1.98 bits per heavy atom. The molecule has 3 aliphatic heterocycles. The minimum atomic E-state index is -5.01. The second kappa shape index (κ2) is 16.4. The summed E-state index contributed by atoms with van der Waals surface area (Å²) in [6.07, 6.45) is -5.66. The van der Waals surface area contributed by atoms with Crippen molar-refractivity contribution in [2.24, 2.45) is 5.92 Å². The Morgan fingerprint density at radius 2 is 1.51 bits per heavy atom. The van der Waals surface area contributed by atoms with Gasteiger partial charge in [0, 0.05) is 68.9 Å². The molecule has 3 heterocycles. The number of rotatable bonds is 8. The molecule has 5 rings (SSSR count). The monoisotopic (exact) mass is 670 g/mol. The van der Waals surface area contributed by atoms with Crippen molar-refractivity contribution < 1.29 is 41.0 Å². The predicted octanol–water partition coefficient (Wildman–Crippen LogP) is 5.12. The Morgan fingerprint density at radius 1 is 0.915 bits per heavy atom. The molecule has 2 aromatic carbocycles. The molecule has 1 amide bonds. The van der Waals surface area contributed by atoms with E-state index in [4.69, 9.17) is 5.11 Å². The van der Waals surface area contributed by atoms with E-state index in [1.165, 1.54) is 4.90 Å². The molecule has 260 valence electrons. The average molecular weight is 671 g/mol. The zero-order chi connectivity index (χ0) is 34.2. The molecule has 2 N–H and O–H groups in total. The van der Waals surface area contributed by atoms with Crippen LogP contribution < -0.4 is 5.32 Å². The van der Waals surface area contributed by atoms with Gasteiger partial charge >= 0.3 is 12.4 Å². The van der Waals surface area contributed by atoms with Gasteiger partial charge in [-0.2, -0.15) is 26.3 Å². The summed E-state index contributed by atoms with van der Waals surface area (Å²) in [5, 5.41) is 11.7. The number of benzene rings is 2. The van der Waals surface area contributed by atoms with Crippen LogP contribution >= 0.6 is 0 Å². The first-order valence-corrected chi connectivity index (χ1v) is 16.2. The number of nitrogens with zero attached hydrogens (tertiary/aromatic N) is 3. The maximum absolute atomic E-state index is 13.6. The highest BCUT2D eigenvalue weighted by atomic mass is 19.4. The van der Waals surface area contributed by atoms with Crippen LogP contribution in [0.1, 0.15) is 59.7 Å². The summed E-state index contributed by atoms with van der Waals surface area (Å²) in [7, 11) is 0. The molecular formula is C34H44F6N4O3. The maximum Gasteiger partial charge on any atom is 0.416 e. The summed E-state index contributed by atoms with van der Waals surface area (Å²) in [6, 6.07) is 11.0. The van der Waals surface area contributed by atoms with Gasteiger partial charge in [0.1, 0.15) is 6.29 Å². The van der Waals surface area contributed by atoms with Gasteiger partial charge in [0.15, 0.2) is 0 Å². The fourth-order valence-corrected chi connectivity index (χ4v) is 6.64. The number of likely N-dealkylation sites (tertiary alicyclic amines) is 1. The highest BCUT2D eigenvalue weighted by molar-refractivity contribution is 5.95. The van der Waals surface area contributed by atoms with E-state index < -0.39 is 35.0 Å². The van der Waals surface area contributed by atoms with Crippen LogP contribution in [0.25, 0.3) is 0 Å². The molecule has 7 nitrogen and oxygen atoms in total. The van der Waals surface area contributed by atoms with Crippen LogP contribution in [-0.2, 0) is 23.6 Å². The van der Waals surface area contributed by atoms with Crippen molar-refractivity contribution in [2.75, 3.05) is 52.4 Å². The second-order valence-electron chi connectivity index (χ2n) is 12.5. The number of piperidine rings is 1. The van der Waals surface area contributed by atoms with Gasteiger partial charge in [0.25, 0.3) is 5.91 Å². The summed E-state index contributed by atoms with van der Waals surface area (Å²) in [5.74, 6) is -0.936. The van der Waals surface area contributed by atoms with Crippen molar-refractivity contribution in [2.45, 2.75) is 69.5 Å². The quantitative estimate of drug-likeness (QED) is 0.300. The largest absolute Gasteiger partial charge is 0.416 e. The van der Waals surface area contributed by atoms with Gasteiger partial charge in [-0.05, 0) is 62.4 Å². The van der Waals surface area contributed by atoms with Crippen LogP contribution in [0.3, 0.4) is 0 Å². The van der Waals surface area contributed by atoms with Crippen molar-refractivity contribution in [3.05, 3.63) is 70.8 Å². The van der Waals surface area contributed by atoms with Crippen LogP contribution in [0.15, 0.2) is 48.5 Å². The molecule has 0 aromatic heterocycles. The number of aldehydes is 1. The zero-order valence-corrected chi connectivity index (χ0v) is 26.6. The summed E-state index contributed by atoms with van der Waals surface area (Å²) in [6.45, 7) is 7.88. The van der Waals surface area contributed by atoms with E-state index in [1.54, 1.807) is 0 Å². The molecule has 2 aromatic rings. The first-order chi connectivity index (χ1) is 22.3. The van der Waals surface area contributed by atoms with Crippen LogP contribution in [0.2, 0.25) is 0 Å². The summed E-state index contributed by atoms with van der Waals surface area (Å²) >= 11 is 0. The lowest BCUT2D eigenvalue weighted by Gasteiger charge is -2.47.